The highest BCUT2D eigenvalue weighted by Crippen LogP contribution is 2.09. The first kappa shape index (κ1) is 16.9. The van der Waals surface area contributed by atoms with Crippen LogP contribution in [0.15, 0.2) is 15.8 Å². The Balaban J connectivity index is 1.83. The molecule has 0 aliphatic carbocycles. The van der Waals surface area contributed by atoms with Crippen LogP contribution in [0.4, 0.5) is 0 Å². The zero-order chi connectivity index (χ0) is 16.8. The van der Waals surface area contributed by atoms with Crippen molar-refractivity contribution < 1.29 is 4.52 Å². The molecule has 2 aromatic heterocycles. The van der Waals surface area contributed by atoms with Crippen LogP contribution in [-0.2, 0) is 20.0 Å². The molecular formula is C14H24N8O. The Morgan fingerprint density at radius 1 is 1.48 bits per heavy atom. The Bertz CT molecular complexity index is 645. The molecule has 2 aromatic rings. The van der Waals surface area contributed by atoms with Crippen molar-refractivity contribution in [1.82, 2.24) is 35.1 Å². The van der Waals surface area contributed by atoms with Gasteiger partial charge in [0.05, 0.1) is 6.54 Å². The first-order valence-corrected chi connectivity index (χ1v) is 7.58. The normalized spacial score (nSPS) is 12.0. The molecule has 0 atom stereocenters. The first-order valence-electron chi connectivity index (χ1n) is 7.58. The van der Waals surface area contributed by atoms with E-state index in [0.717, 1.165) is 17.6 Å². The predicted molar refractivity (Wildman–Crippen MR) is 85.9 cm³/mol. The van der Waals surface area contributed by atoms with E-state index in [1.165, 1.54) is 0 Å². The minimum absolute atomic E-state index is 0.269. The molecule has 0 saturated heterocycles. The van der Waals surface area contributed by atoms with E-state index in [-0.39, 0.29) is 5.92 Å². The molecule has 0 unspecified atom stereocenters. The Hall–Kier alpha value is -2.45. The van der Waals surface area contributed by atoms with Crippen LogP contribution < -0.4 is 5.32 Å². The van der Waals surface area contributed by atoms with Crippen LogP contribution in [0.5, 0.6) is 0 Å². The lowest BCUT2D eigenvalue weighted by Gasteiger charge is -2.21. The Kier molecular flexibility index (Phi) is 5.67. The largest absolute Gasteiger partial charge is 0.356 e. The molecule has 0 fully saturated rings. The molecule has 0 saturated carbocycles. The summed E-state index contributed by atoms with van der Waals surface area (Å²) in [6.07, 6.45) is 2.19. The van der Waals surface area contributed by atoms with Gasteiger partial charge in [0.25, 0.3) is 0 Å². The zero-order valence-corrected chi connectivity index (χ0v) is 14.3. The third kappa shape index (κ3) is 4.51. The minimum Gasteiger partial charge on any atom is -0.356 e. The molecule has 0 bridgehead atoms. The van der Waals surface area contributed by atoms with Crippen molar-refractivity contribution in [3.63, 3.8) is 0 Å². The highest BCUT2D eigenvalue weighted by molar-refractivity contribution is 5.79. The van der Waals surface area contributed by atoms with Crippen LogP contribution in [0.2, 0.25) is 0 Å². The van der Waals surface area contributed by atoms with E-state index >= 15 is 0 Å². The number of guanidine groups is 1. The second-order valence-electron chi connectivity index (χ2n) is 5.58. The van der Waals surface area contributed by atoms with E-state index in [9.17, 15) is 0 Å². The van der Waals surface area contributed by atoms with Gasteiger partial charge in [0.1, 0.15) is 12.2 Å². The van der Waals surface area contributed by atoms with Crippen molar-refractivity contribution in [3.8, 4) is 0 Å². The summed E-state index contributed by atoms with van der Waals surface area (Å²) in [6, 6.07) is 0. The van der Waals surface area contributed by atoms with Crippen LogP contribution in [-0.4, -0.2) is 56.4 Å². The predicted octanol–water partition coefficient (Wildman–Crippen LogP) is 0.571. The molecule has 2 heterocycles. The molecule has 0 amide bonds. The number of aliphatic imine (C=N–C) groups is 1. The van der Waals surface area contributed by atoms with Gasteiger partial charge < -0.3 is 14.7 Å². The van der Waals surface area contributed by atoms with Gasteiger partial charge in [-0.1, -0.05) is 19.0 Å². The van der Waals surface area contributed by atoms with Gasteiger partial charge >= 0.3 is 0 Å². The molecule has 9 heteroatoms. The topological polar surface area (TPSA) is 97.3 Å². The third-order valence-corrected chi connectivity index (χ3v) is 3.38. The van der Waals surface area contributed by atoms with Crippen LogP contribution in [0.1, 0.15) is 37.3 Å². The van der Waals surface area contributed by atoms with E-state index in [1.54, 1.807) is 18.1 Å². The van der Waals surface area contributed by atoms with Gasteiger partial charge in [-0.05, 0) is 0 Å². The maximum absolute atomic E-state index is 5.23. The molecule has 0 spiro atoms. The van der Waals surface area contributed by atoms with E-state index in [0.29, 0.717) is 25.4 Å². The fourth-order valence-corrected chi connectivity index (χ4v) is 2.02. The summed E-state index contributed by atoms with van der Waals surface area (Å²) in [4.78, 5) is 14.8. The quantitative estimate of drug-likeness (QED) is 0.614. The maximum Gasteiger partial charge on any atom is 0.228 e. The van der Waals surface area contributed by atoms with E-state index in [1.807, 2.05) is 32.8 Å². The third-order valence-electron chi connectivity index (χ3n) is 3.38. The van der Waals surface area contributed by atoms with Crippen molar-refractivity contribution >= 4 is 5.96 Å². The van der Waals surface area contributed by atoms with Gasteiger partial charge in [-0.2, -0.15) is 10.1 Å². The van der Waals surface area contributed by atoms with Crippen molar-refractivity contribution in [2.24, 2.45) is 12.0 Å². The Morgan fingerprint density at radius 2 is 2.26 bits per heavy atom. The lowest BCUT2D eigenvalue weighted by molar-refractivity contribution is 0.370. The summed E-state index contributed by atoms with van der Waals surface area (Å²) in [5.41, 5.74) is 0. The summed E-state index contributed by atoms with van der Waals surface area (Å²) in [6.45, 7) is 5.36. The summed E-state index contributed by atoms with van der Waals surface area (Å²) >= 11 is 0. The molecule has 2 rings (SSSR count). The Labute approximate surface area is 135 Å². The SMILES string of the molecule is CN=C(NCCc1nc(C(C)C)no1)N(C)Cc1ncnn1C. The molecule has 0 aromatic carbocycles. The van der Waals surface area contributed by atoms with Gasteiger partial charge in [0.15, 0.2) is 11.8 Å². The van der Waals surface area contributed by atoms with Crippen LogP contribution in [0.3, 0.4) is 0 Å². The van der Waals surface area contributed by atoms with Gasteiger partial charge in [0.2, 0.25) is 5.89 Å². The number of aryl methyl sites for hydroxylation is 1. The fourth-order valence-electron chi connectivity index (χ4n) is 2.02. The fraction of sp³-hybridized carbons (Fsp3) is 0.643. The standard InChI is InChI=1S/C14H24N8O/c1-10(2)13-19-12(23-20-13)6-7-16-14(15-3)21(4)8-11-17-9-18-22(11)5/h9-10H,6-8H2,1-5H3,(H,15,16). The number of rotatable bonds is 6. The molecule has 0 aliphatic heterocycles. The summed E-state index contributed by atoms with van der Waals surface area (Å²) in [7, 11) is 5.57. The summed E-state index contributed by atoms with van der Waals surface area (Å²) < 4.78 is 6.97. The number of nitrogens with zero attached hydrogens (tertiary/aromatic N) is 7. The summed E-state index contributed by atoms with van der Waals surface area (Å²) in [5.74, 6) is 3.28. The molecular weight excluding hydrogens is 296 g/mol. The van der Waals surface area contributed by atoms with Crippen molar-refractivity contribution in [3.05, 3.63) is 23.9 Å². The van der Waals surface area contributed by atoms with Crippen molar-refractivity contribution in [2.75, 3.05) is 20.6 Å². The molecule has 23 heavy (non-hydrogen) atoms. The number of hydrogen-bond acceptors (Lipinski definition) is 6. The van der Waals surface area contributed by atoms with Gasteiger partial charge in [-0.3, -0.25) is 9.67 Å². The van der Waals surface area contributed by atoms with Crippen LogP contribution >= 0.6 is 0 Å². The molecule has 0 radical (unpaired) electrons. The first-order chi connectivity index (χ1) is 11.0. The smallest absolute Gasteiger partial charge is 0.228 e. The average Bonchev–Trinajstić information content (AvgIpc) is 3.13. The van der Waals surface area contributed by atoms with Gasteiger partial charge in [-0.25, -0.2) is 4.98 Å². The van der Waals surface area contributed by atoms with Crippen LogP contribution in [0.25, 0.3) is 0 Å². The number of aromatic nitrogens is 5. The van der Waals surface area contributed by atoms with Crippen molar-refractivity contribution in [1.29, 1.82) is 0 Å². The lowest BCUT2D eigenvalue weighted by Crippen LogP contribution is -2.39. The second-order valence-corrected chi connectivity index (χ2v) is 5.58. The average molecular weight is 320 g/mol. The van der Waals surface area contributed by atoms with E-state index < -0.39 is 0 Å². The maximum atomic E-state index is 5.23. The zero-order valence-electron chi connectivity index (χ0n) is 14.3. The molecule has 1 N–H and O–H groups in total. The molecule has 9 nitrogen and oxygen atoms in total. The minimum atomic E-state index is 0.269. The van der Waals surface area contributed by atoms with Gasteiger partial charge in [0, 0.05) is 40.0 Å². The van der Waals surface area contributed by atoms with E-state index in [2.05, 4.69) is 30.5 Å². The second kappa shape index (κ2) is 7.70. The molecule has 126 valence electrons. The monoisotopic (exact) mass is 320 g/mol. The van der Waals surface area contributed by atoms with Gasteiger partial charge in [-0.15, -0.1) is 0 Å². The lowest BCUT2D eigenvalue weighted by atomic mass is 10.2. The highest BCUT2D eigenvalue weighted by Gasteiger charge is 2.12. The highest BCUT2D eigenvalue weighted by atomic mass is 16.5. The Morgan fingerprint density at radius 3 is 2.83 bits per heavy atom. The van der Waals surface area contributed by atoms with E-state index in [4.69, 9.17) is 4.52 Å². The number of hydrogen-bond donors (Lipinski definition) is 1. The van der Waals surface area contributed by atoms with Crippen LogP contribution in [0, 0.1) is 0 Å². The van der Waals surface area contributed by atoms with Crippen molar-refractivity contribution in [2.45, 2.75) is 32.7 Å². The number of nitrogens with one attached hydrogen (secondary N) is 1. The molecule has 0 aliphatic rings. The summed E-state index contributed by atoms with van der Waals surface area (Å²) in [5, 5.41) is 11.3.